The molecule has 0 bridgehead atoms. The molecule has 1 aromatic rings. The average Bonchev–Trinajstić information content (AvgIpc) is 2.67. The lowest BCUT2D eigenvalue weighted by molar-refractivity contribution is -0.134. The van der Waals surface area contributed by atoms with Crippen LogP contribution in [0.25, 0.3) is 0 Å². The summed E-state index contributed by atoms with van der Waals surface area (Å²) in [5.41, 5.74) is 1.06. The lowest BCUT2D eigenvalue weighted by atomic mass is 10.00. The number of ether oxygens (including phenoxy) is 2. The van der Waals surface area contributed by atoms with Crippen molar-refractivity contribution in [3.05, 3.63) is 23.8 Å². The Morgan fingerprint density at radius 2 is 1.93 bits per heavy atom. The lowest BCUT2D eigenvalue weighted by Crippen LogP contribution is -2.41. The van der Waals surface area contributed by atoms with Crippen molar-refractivity contribution in [1.82, 2.24) is 9.80 Å². The van der Waals surface area contributed by atoms with E-state index in [1.54, 1.807) is 26.0 Å². The molecule has 0 radical (unpaired) electrons. The number of likely N-dealkylation sites (tertiary alicyclic amines) is 1. The average molecular weight is 376 g/mol. The number of benzene rings is 1. The smallest absolute Gasteiger partial charge is 0.224 e. The Bertz CT molecular complexity index is 647. The first-order valence-corrected chi connectivity index (χ1v) is 9.68. The Morgan fingerprint density at radius 3 is 2.56 bits per heavy atom. The van der Waals surface area contributed by atoms with Crippen molar-refractivity contribution in [3.63, 3.8) is 0 Å². The highest BCUT2D eigenvalue weighted by molar-refractivity contribution is 5.78. The van der Waals surface area contributed by atoms with E-state index in [0.29, 0.717) is 43.3 Å². The predicted molar refractivity (Wildman–Crippen MR) is 105 cm³/mol. The second-order valence-corrected chi connectivity index (χ2v) is 7.28. The van der Waals surface area contributed by atoms with E-state index in [0.717, 1.165) is 25.1 Å². The second-order valence-electron chi connectivity index (χ2n) is 7.28. The third-order valence-electron chi connectivity index (χ3n) is 5.17. The van der Waals surface area contributed by atoms with Gasteiger partial charge in [-0.05, 0) is 42.9 Å². The summed E-state index contributed by atoms with van der Waals surface area (Å²) in [6, 6.07) is 5.77. The van der Waals surface area contributed by atoms with Crippen LogP contribution in [0.5, 0.6) is 11.5 Å². The largest absolute Gasteiger partial charge is 0.493 e. The molecule has 0 aliphatic carbocycles. The summed E-state index contributed by atoms with van der Waals surface area (Å²) >= 11 is 0. The molecule has 2 rings (SSSR count). The SMILES string of the molecule is COc1ccc(CCN(CCC(=O)N2CCCC(C)C2)C(C)=O)cc1OC. The number of hydrogen-bond acceptors (Lipinski definition) is 4. The van der Waals surface area contributed by atoms with Gasteiger partial charge in [-0.1, -0.05) is 13.0 Å². The van der Waals surface area contributed by atoms with Gasteiger partial charge in [-0.3, -0.25) is 9.59 Å². The van der Waals surface area contributed by atoms with Crippen molar-refractivity contribution in [2.24, 2.45) is 5.92 Å². The topological polar surface area (TPSA) is 59.1 Å². The molecule has 27 heavy (non-hydrogen) atoms. The fraction of sp³-hybridized carbons (Fsp3) is 0.619. The number of methoxy groups -OCH3 is 2. The van der Waals surface area contributed by atoms with Gasteiger partial charge in [0, 0.05) is 39.5 Å². The molecule has 1 heterocycles. The number of hydrogen-bond donors (Lipinski definition) is 0. The second kappa shape index (κ2) is 10.2. The molecule has 0 spiro atoms. The van der Waals surface area contributed by atoms with Crippen LogP contribution in [-0.2, 0) is 16.0 Å². The maximum absolute atomic E-state index is 12.5. The Labute approximate surface area is 162 Å². The fourth-order valence-electron chi connectivity index (χ4n) is 3.53. The Morgan fingerprint density at radius 1 is 1.19 bits per heavy atom. The van der Waals surface area contributed by atoms with Gasteiger partial charge in [-0.15, -0.1) is 0 Å². The van der Waals surface area contributed by atoms with Gasteiger partial charge in [0.25, 0.3) is 0 Å². The van der Waals surface area contributed by atoms with Crippen LogP contribution in [0, 0.1) is 5.92 Å². The van der Waals surface area contributed by atoms with E-state index >= 15 is 0 Å². The van der Waals surface area contributed by atoms with Crippen molar-refractivity contribution in [2.75, 3.05) is 40.4 Å². The molecule has 1 aliphatic rings. The highest BCUT2D eigenvalue weighted by atomic mass is 16.5. The third kappa shape index (κ3) is 6.15. The van der Waals surface area contributed by atoms with Crippen LogP contribution in [0.3, 0.4) is 0 Å². The molecule has 1 atom stereocenters. The molecule has 150 valence electrons. The molecule has 2 amide bonds. The zero-order valence-electron chi connectivity index (χ0n) is 17.0. The van der Waals surface area contributed by atoms with E-state index in [-0.39, 0.29) is 11.8 Å². The van der Waals surface area contributed by atoms with Gasteiger partial charge in [0.15, 0.2) is 11.5 Å². The van der Waals surface area contributed by atoms with E-state index in [1.807, 2.05) is 23.1 Å². The molecule has 1 aromatic carbocycles. The molecule has 6 heteroatoms. The summed E-state index contributed by atoms with van der Waals surface area (Å²) in [5, 5.41) is 0. The molecular weight excluding hydrogens is 344 g/mol. The molecule has 1 saturated heterocycles. The van der Waals surface area contributed by atoms with E-state index in [2.05, 4.69) is 6.92 Å². The maximum Gasteiger partial charge on any atom is 0.224 e. The summed E-state index contributed by atoms with van der Waals surface area (Å²) in [5.74, 6) is 2.08. The third-order valence-corrected chi connectivity index (χ3v) is 5.17. The zero-order chi connectivity index (χ0) is 19.8. The lowest BCUT2D eigenvalue weighted by Gasteiger charge is -2.31. The molecule has 1 aliphatic heterocycles. The monoisotopic (exact) mass is 376 g/mol. The van der Waals surface area contributed by atoms with E-state index in [4.69, 9.17) is 9.47 Å². The fourth-order valence-corrected chi connectivity index (χ4v) is 3.53. The van der Waals surface area contributed by atoms with Gasteiger partial charge < -0.3 is 19.3 Å². The van der Waals surface area contributed by atoms with Crippen LogP contribution in [0.2, 0.25) is 0 Å². The number of carbonyl (C=O) groups excluding carboxylic acids is 2. The van der Waals surface area contributed by atoms with Gasteiger partial charge in [0.1, 0.15) is 0 Å². The first kappa shape index (κ1) is 21.1. The number of rotatable bonds is 8. The quantitative estimate of drug-likeness (QED) is 0.700. The van der Waals surface area contributed by atoms with Crippen LogP contribution in [0.15, 0.2) is 18.2 Å². The maximum atomic E-state index is 12.5. The van der Waals surface area contributed by atoms with Gasteiger partial charge in [-0.25, -0.2) is 0 Å². The molecule has 0 aromatic heterocycles. The van der Waals surface area contributed by atoms with Crippen molar-refractivity contribution in [1.29, 1.82) is 0 Å². The van der Waals surface area contributed by atoms with Crippen molar-refractivity contribution < 1.29 is 19.1 Å². The summed E-state index contributed by atoms with van der Waals surface area (Å²) in [6.07, 6.45) is 3.35. The van der Waals surface area contributed by atoms with E-state index in [1.165, 1.54) is 6.42 Å². The van der Waals surface area contributed by atoms with Crippen LogP contribution in [-0.4, -0.2) is 62.0 Å². The van der Waals surface area contributed by atoms with Crippen molar-refractivity contribution >= 4 is 11.8 Å². The molecule has 1 fully saturated rings. The highest BCUT2D eigenvalue weighted by Gasteiger charge is 2.21. The standard InChI is InChI=1S/C21H32N2O4/c1-16-6-5-11-23(15-16)21(25)10-13-22(17(2)24)12-9-18-7-8-19(26-3)20(14-18)27-4/h7-8,14,16H,5-6,9-13,15H2,1-4H3. The predicted octanol–water partition coefficient (Wildman–Crippen LogP) is 2.74. The summed E-state index contributed by atoms with van der Waals surface area (Å²) in [7, 11) is 3.21. The number of nitrogens with zero attached hydrogens (tertiary/aromatic N) is 2. The van der Waals surface area contributed by atoms with Gasteiger partial charge >= 0.3 is 0 Å². The van der Waals surface area contributed by atoms with Crippen LogP contribution in [0.4, 0.5) is 0 Å². The molecule has 0 saturated carbocycles. The van der Waals surface area contributed by atoms with Gasteiger partial charge in [0.05, 0.1) is 14.2 Å². The summed E-state index contributed by atoms with van der Waals surface area (Å²) in [6.45, 7) is 6.47. The van der Waals surface area contributed by atoms with Crippen molar-refractivity contribution in [2.45, 2.75) is 39.5 Å². The molecule has 6 nitrogen and oxygen atoms in total. The van der Waals surface area contributed by atoms with Gasteiger partial charge in [0.2, 0.25) is 11.8 Å². The van der Waals surface area contributed by atoms with E-state index < -0.39 is 0 Å². The molecular formula is C21H32N2O4. The minimum absolute atomic E-state index is 0.00436. The van der Waals surface area contributed by atoms with Crippen LogP contribution < -0.4 is 9.47 Å². The van der Waals surface area contributed by atoms with Crippen LogP contribution >= 0.6 is 0 Å². The first-order chi connectivity index (χ1) is 12.9. The highest BCUT2D eigenvalue weighted by Crippen LogP contribution is 2.27. The van der Waals surface area contributed by atoms with E-state index in [9.17, 15) is 9.59 Å². The zero-order valence-corrected chi connectivity index (χ0v) is 17.0. The minimum Gasteiger partial charge on any atom is -0.493 e. The normalized spacial score (nSPS) is 16.7. The molecule has 1 unspecified atom stereocenters. The summed E-state index contributed by atoms with van der Waals surface area (Å²) in [4.78, 5) is 28.1. The number of piperidine rings is 1. The molecule has 0 N–H and O–H groups in total. The first-order valence-electron chi connectivity index (χ1n) is 9.68. The number of carbonyl (C=O) groups is 2. The Balaban J connectivity index is 1.88. The van der Waals surface area contributed by atoms with Crippen molar-refractivity contribution in [3.8, 4) is 11.5 Å². The van der Waals surface area contributed by atoms with Gasteiger partial charge in [-0.2, -0.15) is 0 Å². The summed E-state index contributed by atoms with van der Waals surface area (Å²) < 4.78 is 10.6. The number of amides is 2. The Kier molecular flexibility index (Phi) is 7.95. The Hall–Kier alpha value is -2.24. The minimum atomic E-state index is -0.00436. The van der Waals surface area contributed by atoms with Crippen LogP contribution in [0.1, 0.15) is 38.7 Å².